The van der Waals surface area contributed by atoms with E-state index in [1.807, 2.05) is 32.0 Å². The zero-order valence-corrected chi connectivity index (χ0v) is 19.8. The number of rotatable bonds is 7. The van der Waals surface area contributed by atoms with Gasteiger partial charge in [-0.05, 0) is 49.6 Å². The Kier molecular flexibility index (Phi) is 6.48. The summed E-state index contributed by atoms with van der Waals surface area (Å²) in [5, 5.41) is 14.0. The van der Waals surface area contributed by atoms with Gasteiger partial charge in [0.1, 0.15) is 17.2 Å². The van der Waals surface area contributed by atoms with Crippen LogP contribution < -0.4 is 10.9 Å². The van der Waals surface area contributed by atoms with E-state index < -0.39 is 23.5 Å². The highest BCUT2D eigenvalue weighted by atomic mass is 35.5. The Balaban J connectivity index is 1.79. The summed E-state index contributed by atoms with van der Waals surface area (Å²) in [4.78, 5) is 36.7. The third-order valence-corrected chi connectivity index (χ3v) is 6.30. The van der Waals surface area contributed by atoms with E-state index in [0.717, 1.165) is 16.5 Å². The van der Waals surface area contributed by atoms with Crippen molar-refractivity contribution in [2.45, 2.75) is 46.1 Å². The van der Waals surface area contributed by atoms with Crippen LogP contribution in [0.1, 0.15) is 36.5 Å². The number of furan rings is 1. The molecule has 0 spiro atoms. The van der Waals surface area contributed by atoms with Crippen molar-refractivity contribution in [1.82, 2.24) is 5.32 Å². The second-order valence-corrected chi connectivity index (χ2v) is 8.76. The zero-order valence-electron chi connectivity index (χ0n) is 19.0. The van der Waals surface area contributed by atoms with E-state index >= 15 is 0 Å². The molecular weight excluding hydrogens is 458 g/mol. The fourth-order valence-corrected chi connectivity index (χ4v) is 4.33. The molecule has 4 aromatic rings. The number of hydrogen-bond acceptors (Lipinski definition) is 5. The van der Waals surface area contributed by atoms with Gasteiger partial charge in [-0.2, -0.15) is 0 Å². The number of carboxylic acids is 1. The van der Waals surface area contributed by atoms with E-state index in [9.17, 15) is 19.5 Å². The molecule has 0 saturated carbocycles. The van der Waals surface area contributed by atoms with Gasteiger partial charge in [-0.15, -0.1) is 0 Å². The molecule has 0 fully saturated rings. The van der Waals surface area contributed by atoms with E-state index in [1.165, 1.54) is 0 Å². The van der Waals surface area contributed by atoms with Gasteiger partial charge in [-0.1, -0.05) is 37.1 Å². The first-order chi connectivity index (χ1) is 16.2. The molecule has 2 N–H and O–H groups in total. The number of nitrogens with one attached hydrogen (secondary N) is 1. The highest BCUT2D eigenvalue weighted by Crippen LogP contribution is 2.37. The molecule has 0 radical (unpaired) electrons. The Labute approximate surface area is 200 Å². The first kappa shape index (κ1) is 23.6. The number of aliphatic carboxylic acids is 1. The average molecular weight is 482 g/mol. The number of halogens is 1. The van der Waals surface area contributed by atoms with E-state index in [0.29, 0.717) is 45.5 Å². The molecule has 1 amide bonds. The number of carbonyl (C=O) groups excluding carboxylic acids is 1. The molecule has 8 heteroatoms. The quantitative estimate of drug-likeness (QED) is 0.342. The van der Waals surface area contributed by atoms with Crippen molar-refractivity contribution in [2.24, 2.45) is 0 Å². The lowest BCUT2D eigenvalue weighted by atomic mass is 9.97. The molecule has 2 aromatic carbocycles. The predicted octanol–water partition coefficient (Wildman–Crippen LogP) is 5.39. The number of amides is 1. The summed E-state index contributed by atoms with van der Waals surface area (Å²) in [7, 11) is 0. The Hall–Kier alpha value is -3.58. The Morgan fingerprint density at radius 3 is 2.44 bits per heavy atom. The summed E-state index contributed by atoms with van der Waals surface area (Å²) < 4.78 is 11.4. The highest BCUT2D eigenvalue weighted by Gasteiger charge is 2.23. The summed E-state index contributed by atoms with van der Waals surface area (Å²) in [6.07, 6.45) is 2.29. The maximum Gasteiger partial charge on any atom is 0.340 e. The predicted molar refractivity (Wildman–Crippen MR) is 130 cm³/mol. The third kappa shape index (κ3) is 4.31. The van der Waals surface area contributed by atoms with Gasteiger partial charge in [0, 0.05) is 26.9 Å². The minimum absolute atomic E-state index is 0.195. The van der Waals surface area contributed by atoms with Gasteiger partial charge in [0.15, 0.2) is 0 Å². The van der Waals surface area contributed by atoms with Crippen molar-refractivity contribution in [3.8, 4) is 11.1 Å². The standard InChI is InChI=1S/C26H24ClNO6/c1-4-5-21(25(30)31)28-22(29)11-18-13(2)17-10-19-20(15-6-8-16(27)9-7-15)12-33-23(19)14(3)24(17)34-26(18)32/h6-10,12,21H,4-5,11H2,1-3H3,(H,28,29)(H,30,31)/t21-/m0/s1. The number of aryl methyl sites for hydroxylation is 2. The Morgan fingerprint density at radius 1 is 1.09 bits per heavy atom. The van der Waals surface area contributed by atoms with Crippen LogP contribution in [0.5, 0.6) is 0 Å². The highest BCUT2D eigenvalue weighted by molar-refractivity contribution is 6.30. The molecule has 4 rings (SSSR count). The molecule has 0 bridgehead atoms. The summed E-state index contributed by atoms with van der Waals surface area (Å²) in [5.74, 6) is -1.65. The maximum absolute atomic E-state index is 12.8. The fourth-order valence-electron chi connectivity index (χ4n) is 4.21. The molecule has 0 unspecified atom stereocenters. The zero-order chi connectivity index (χ0) is 24.6. The van der Waals surface area contributed by atoms with E-state index in [-0.39, 0.29) is 12.0 Å². The van der Waals surface area contributed by atoms with Crippen LogP contribution in [0.15, 0.2) is 50.2 Å². The minimum Gasteiger partial charge on any atom is -0.480 e. The van der Waals surface area contributed by atoms with Crippen molar-refractivity contribution in [1.29, 1.82) is 0 Å². The summed E-state index contributed by atoms with van der Waals surface area (Å²) in [5.41, 5.74) is 3.64. The number of carboxylic acid groups (broad SMARTS) is 1. The first-order valence-corrected chi connectivity index (χ1v) is 11.3. The number of fused-ring (bicyclic) bond motifs is 2. The van der Waals surface area contributed by atoms with Gasteiger partial charge in [0.05, 0.1) is 18.2 Å². The largest absolute Gasteiger partial charge is 0.480 e. The van der Waals surface area contributed by atoms with E-state index in [4.69, 9.17) is 20.4 Å². The van der Waals surface area contributed by atoms with Gasteiger partial charge in [-0.3, -0.25) is 4.79 Å². The summed E-state index contributed by atoms with van der Waals surface area (Å²) in [6, 6.07) is 8.28. The molecule has 0 aliphatic rings. The summed E-state index contributed by atoms with van der Waals surface area (Å²) >= 11 is 6.02. The molecule has 0 aliphatic carbocycles. The second-order valence-electron chi connectivity index (χ2n) is 8.33. The van der Waals surface area contributed by atoms with Crippen LogP contribution in [-0.4, -0.2) is 23.0 Å². The van der Waals surface area contributed by atoms with Crippen LogP contribution in [0, 0.1) is 13.8 Å². The Morgan fingerprint density at radius 2 is 1.79 bits per heavy atom. The van der Waals surface area contributed by atoms with Gasteiger partial charge in [0.2, 0.25) is 5.91 Å². The molecule has 1 atom stereocenters. The molecule has 176 valence electrons. The number of carbonyl (C=O) groups is 2. The molecule has 0 aliphatic heterocycles. The topological polar surface area (TPSA) is 110 Å². The van der Waals surface area contributed by atoms with Crippen molar-refractivity contribution >= 4 is 45.4 Å². The lowest BCUT2D eigenvalue weighted by molar-refractivity contribution is -0.141. The molecule has 2 heterocycles. The Bertz CT molecular complexity index is 1470. The molecule has 2 aromatic heterocycles. The fraction of sp³-hybridized carbons (Fsp3) is 0.269. The van der Waals surface area contributed by atoms with Crippen LogP contribution in [0.4, 0.5) is 0 Å². The van der Waals surface area contributed by atoms with Crippen LogP contribution in [0.3, 0.4) is 0 Å². The van der Waals surface area contributed by atoms with Gasteiger partial charge in [-0.25, -0.2) is 9.59 Å². The van der Waals surface area contributed by atoms with Crippen molar-refractivity contribution < 1.29 is 23.5 Å². The number of hydrogen-bond donors (Lipinski definition) is 2. The van der Waals surface area contributed by atoms with Gasteiger partial charge in [0.25, 0.3) is 0 Å². The average Bonchev–Trinajstić information content (AvgIpc) is 3.22. The molecule has 0 saturated heterocycles. The van der Waals surface area contributed by atoms with Crippen LogP contribution >= 0.6 is 11.6 Å². The monoisotopic (exact) mass is 481 g/mol. The van der Waals surface area contributed by atoms with Gasteiger partial charge < -0.3 is 19.3 Å². The maximum atomic E-state index is 12.8. The van der Waals surface area contributed by atoms with Crippen molar-refractivity contribution in [2.75, 3.05) is 0 Å². The van der Waals surface area contributed by atoms with Crippen molar-refractivity contribution in [3.63, 3.8) is 0 Å². The molecule has 7 nitrogen and oxygen atoms in total. The van der Waals surface area contributed by atoms with Crippen molar-refractivity contribution in [3.05, 3.63) is 68.7 Å². The minimum atomic E-state index is -1.11. The molecule has 34 heavy (non-hydrogen) atoms. The van der Waals surface area contributed by atoms with Gasteiger partial charge >= 0.3 is 11.6 Å². The first-order valence-electron chi connectivity index (χ1n) is 11.0. The SMILES string of the molecule is CCC[C@H](NC(=O)Cc1c(C)c2cc3c(-c4ccc(Cl)cc4)coc3c(C)c2oc1=O)C(=O)O. The van der Waals surface area contributed by atoms with Crippen LogP contribution in [0.2, 0.25) is 5.02 Å². The molecular formula is C26H24ClNO6. The smallest absolute Gasteiger partial charge is 0.340 e. The van der Waals surface area contributed by atoms with Crippen LogP contribution in [-0.2, 0) is 16.0 Å². The van der Waals surface area contributed by atoms with Crippen LogP contribution in [0.25, 0.3) is 33.1 Å². The second kappa shape index (κ2) is 9.35. The summed E-state index contributed by atoms with van der Waals surface area (Å²) in [6.45, 7) is 5.41. The van der Waals surface area contributed by atoms with E-state index in [1.54, 1.807) is 25.3 Å². The van der Waals surface area contributed by atoms with E-state index in [2.05, 4.69) is 5.32 Å². The lowest BCUT2D eigenvalue weighted by Gasteiger charge is -2.14. The normalized spacial score (nSPS) is 12.2. The lowest BCUT2D eigenvalue weighted by Crippen LogP contribution is -2.41. The third-order valence-electron chi connectivity index (χ3n) is 6.04. The number of benzene rings is 2.